The standard InChI is InChI=1S/C10H22BrNO2S/c1-4-5-7-12(8-6-11)15(13,14)9-10(2)3/h10H,4-9H2,1-3H3. The van der Waals surface area contributed by atoms with Crippen LogP contribution in [0.4, 0.5) is 0 Å². The molecule has 0 aliphatic carbocycles. The molecule has 0 saturated heterocycles. The molecule has 0 aliphatic heterocycles. The molecule has 15 heavy (non-hydrogen) atoms. The third-order valence-corrected chi connectivity index (χ3v) is 4.63. The molecule has 0 N–H and O–H groups in total. The second kappa shape index (κ2) is 7.63. The van der Waals surface area contributed by atoms with Crippen molar-refractivity contribution in [1.29, 1.82) is 0 Å². The molecule has 0 aliphatic rings. The number of sulfonamides is 1. The first-order valence-electron chi connectivity index (χ1n) is 5.47. The SMILES string of the molecule is CCCCN(CCBr)S(=O)(=O)CC(C)C. The van der Waals surface area contributed by atoms with Gasteiger partial charge in [-0.2, -0.15) is 0 Å². The summed E-state index contributed by atoms with van der Waals surface area (Å²) in [5, 5.41) is 0.702. The Kier molecular flexibility index (Phi) is 7.83. The van der Waals surface area contributed by atoms with Gasteiger partial charge in [-0.05, 0) is 12.3 Å². The summed E-state index contributed by atoms with van der Waals surface area (Å²) < 4.78 is 25.5. The molecule has 0 aromatic heterocycles. The van der Waals surface area contributed by atoms with E-state index in [9.17, 15) is 8.42 Å². The van der Waals surface area contributed by atoms with E-state index < -0.39 is 10.0 Å². The summed E-state index contributed by atoms with van der Waals surface area (Å²) in [5.41, 5.74) is 0. The van der Waals surface area contributed by atoms with E-state index in [-0.39, 0.29) is 11.7 Å². The zero-order valence-electron chi connectivity index (χ0n) is 9.87. The number of alkyl halides is 1. The van der Waals surface area contributed by atoms with Crippen LogP contribution < -0.4 is 0 Å². The van der Waals surface area contributed by atoms with E-state index in [4.69, 9.17) is 0 Å². The minimum absolute atomic E-state index is 0.189. The molecule has 92 valence electrons. The summed E-state index contributed by atoms with van der Waals surface area (Å²) in [5.74, 6) is 0.443. The van der Waals surface area contributed by atoms with Crippen LogP contribution in [0.15, 0.2) is 0 Å². The minimum Gasteiger partial charge on any atom is -0.212 e. The smallest absolute Gasteiger partial charge is 0.212 e. The molecular formula is C10H22BrNO2S. The summed E-state index contributed by atoms with van der Waals surface area (Å²) in [6.07, 6.45) is 1.96. The lowest BCUT2D eigenvalue weighted by molar-refractivity contribution is 0.417. The van der Waals surface area contributed by atoms with Crippen molar-refractivity contribution in [1.82, 2.24) is 4.31 Å². The molecule has 0 fully saturated rings. The molecular weight excluding hydrogens is 278 g/mol. The first kappa shape index (κ1) is 15.4. The van der Waals surface area contributed by atoms with Gasteiger partial charge < -0.3 is 0 Å². The summed E-state index contributed by atoms with van der Waals surface area (Å²) in [6.45, 7) is 7.17. The number of unbranched alkanes of at least 4 members (excludes halogenated alkanes) is 1. The fourth-order valence-electron chi connectivity index (χ4n) is 1.35. The van der Waals surface area contributed by atoms with Crippen molar-refractivity contribution in [2.45, 2.75) is 33.6 Å². The zero-order chi connectivity index (χ0) is 11.9. The second-order valence-corrected chi connectivity index (χ2v) is 6.92. The van der Waals surface area contributed by atoms with Gasteiger partial charge in [-0.15, -0.1) is 0 Å². The van der Waals surface area contributed by atoms with Gasteiger partial charge >= 0.3 is 0 Å². The molecule has 0 bridgehead atoms. The van der Waals surface area contributed by atoms with Crippen molar-refractivity contribution in [3.8, 4) is 0 Å². The molecule has 0 atom stereocenters. The van der Waals surface area contributed by atoms with E-state index in [0.29, 0.717) is 18.4 Å². The van der Waals surface area contributed by atoms with Gasteiger partial charge in [0.05, 0.1) is 5.75 Å². The first-order valence-corrected chi connectivity index (χ1v) is 8.20. The van der Waals surface area contributed by atoms with Crippen molar-refractivity contribution >= 4 is 26.0 Å². The van der Waals surface area contributed by atoms with E-state index in [2.05, 4.69) is 22.9 Å². The quantitative estimate of drug-likeness (QED) is 0.646. The number of nitrogens with zero attached hydrogens (tertiary/aromatic N) is 1. The van der Waals surface area contributed by atoms with E-state index in [0.717, 1.165) is 12.8 Å². The van der Waals surface area contributed by atoms with E-state index in [1.165, 1.54) is 0 Å². The highest BCUT2D eigenvalue weighted by molar-refractivity contribution is 9.09. The first-order chi connectivity index (χ1) is 6.94. The maximum Gasteiger partial charge on any atom is 0.214 e. The Morgan fingerprint density at radius 3 is 2.27 bits per heavy atom. The molecule has 0 rings (SSSR count). The van der Waals surface area contributed by atoms with Crippen molar-refractivity contribution < 1.29 is 8.42 Å². The van der Waals surface area contributed by atoms with Crippen LogP contribution in [0.3, 0.4) is 0 Å². The molecule has 3 nitrogen and oxygen atoms in total. The lowest BCUT2D eigenvalue weighted by atomic mass is 10.3. The number of hydrogen-bond donors (Lipinski definition) is 0. The fourth-order valence-corrected chi connectivity index (χ4v) is 3.84. The second-order valence-electron chi connectivity index (χ2n) is 4.11. The molecule has 0 heterocycles. The van der Waals surface area contributed by atoms with Crippen LogP contribution in [0.5, 0.6) is 0 Å². The molecule has 0 saturated carbocycles. The van der Waals surface area contributed by atoms with E-state index in [1.807, 2.05) is 13.8 Å². The molecule has 0 aromatic rings. The molecule has 5 heteroatoms. The normalized spacial score (nSPS) is 12.7. The van der Waals surface area contributed by atoms with Crippen molar-refractivity contribution in [3.63, 3.8) is 0 Å². The monoisotopic (exact) mass is 299 g/mol. The Morgan fingerprint density at radius 1 is 1.27 bits per heavy atom. The van der Waals surface area contributed by atoms with Crippen LogP contribution in [-0.4, -0.2) is 36.9 Å². The highest BCUT2D eigenvalue weighted by Crippen LogP contribution is 2.09. The Labute approximate surface area is 102 Å². The number of rotatable bonds is 8. The number of hydrogen-bond acceptors (Lipinski definition) is 2. The van der Waals surface area contributed by atoms with Crippen molar-refractivity contribution in [2.75, 3.05) is 24.2 Å². The Hall–Kier alpha value is 0.390. The van der Waals surface area contributed by atoms with Crippen LogP contribution in [0.2, 0.25) is 0 Å². The molecule has 0 aromatic carbocycles. The zero-order valence-corrected chi connectivity index (χ0v) is 12.3. The van der Waals surface area contributed by atoms with Gasteiger partial charge in [0.1, 0.15) is 0 Å². The maximum atomic E-state index is 11.9. The van der Waals surface area contributed by atoms with Gasteiger partial charge in [0.15, 0.2) is 0 Å². The lowest BCUT2D eigenvalue weighted by Crippen LogP contribution is -2.36. The highest BCUT2D eigenvalue weighted by Gasteiger charge is 2.21. The van der Waals surface area contributed by atoms with E-state index in [1.54, 1.807) is 4.31 Å². The average Bonchev–Trinajstić information content (AvgIpc) is 2.09. The largest absolute Gasteiger partial charge is 0.214 e. The minimum atomic E-state index is -3.05. The summed E-state index contributed by atoms with van der Waals surface area (Å²) >= 11 is 3.29. The topological polar surface area (TPSA) is 37.4 Å². The van der Waals surface area contributed by atoms with Crippen LogP contribution in [0.25, 0.3) is 0 Å². The van der Waals surface area contributed by atoms with Gasteiger partial charge in [0, 0.05) is 18.4 Å². The predicted octanol–water partition coefficient (Wildman–Crippen LogP) is 2.47. The van der Waals surface area contributed by atoms with Gasteiger partial charge in [-0.1, -0.05) is 43.1 Å². The predicted molar refractivity (Wildman–Crippen MR) is 68.9 cm³/mol. The van der Waals surface area contributed by atoms with Crippen molar-refractivity contribution in [3.05, 3.63) is 0 Å². The number of halogens is 1. The summed E-state index contributed by atoms with van der Waals surface area (Å²) in [6, 6.07) is 0. The maximum absolute atomic E-state index is 11.9. The van der Waals surface area contributed by atoms with Crippen LogP contribution in [0.1, 0.15) is 33.6 Å². The molecule has 0 radical (unpaired) electrons. The molecule has 0 unspecified atom stereocenters. The van der Waals surface area contributed by atoms with Crippen LogP contribution in [-0.2, 0) is 10.0 Å². The van der Waals surface area contributed by atoms with E-state index >= 15 is 0 Å². The lowest BCUT2D eigenvalue weighted by Gasteiger charge is -2.22. The Balaban J connectivity index is 4.44. The average molecular weight is 300 g/mol. The van der Waals surface area contributed by atoms with Crippen LogP contribution in [0, 0.1) is 5.92 Å². The molecule has 0 amide bonds. The summed E-state index contributed by atoms with van der Waals surface area (Å²) in [7, 11) is -3.05. The summed E-state index contributed by atoms with van der Waals surface area (Å²) in [4.78, 5) is 0. The van der Waals surface area contributed by atoms with Crippen LogP contribution >= 0.6 is 15.9 Å². The van der Waals surface area contributed by atoms with Gasteiger partial charge in [-0.25, -0.2) is 12.7 Å². The van der Waals surface area contributed by atoms with Gasteiger partial charge in [-0.3, -0.25) is 0 Å². The van der Waals surface area contributed by atoms with Gasteiger partial charge in [0.2, 0.25) is 10.0 Å². The highest BCUT2D eigenvalue weighted by atomic mass is 79.9. The van der Waals surface area contributed by atoms with Crippen molar-refractivity contribution in [2.24, 2.45) is 5.92 Å². The Morgan fingerprint density at radius 2 is 1.87 bits per heavy atom. The molecule has 0 spiro atoms. The third-order valence-electron chi connectivity index (χ3n) is 2.03. The van der Waals surface area contributed by atoms with Gasteiger partial charge in [0.25, 0.3) is 0 Å². The third kappa shape index (κ3) is 6.53. The fraction of sp³-hybridized carbons (Fsp3) is 1.00. The Bertz CT molecular complexity index is 252.